The molecule has 0 atom stereocenters. The van der Waals surface area contributed by atoms with E-state index in [1.165, 1.54) is 12.5 Å². The number of hydrogen-bond acceptors (Lipinski definition) is 6. The van der Waals surface area contributed by atoms with Gasteiger partial charge in [-0.2, -0.15) is 4.52 Å². The number of hydrogen-bond donors (Lipinski definition) is 2. The monoisotopic (exact) mass is 332 g/mol. The van der Waals surface area contributed by atoms with Gasteiger partial charge in [-0.25, -0.2) is 15.0 Å². The maximum absolute atomic E-state index is 12.1. The summed E-state index contributed by atoms with van der Waals surface area (Å²) in [5, 5.41) is 8.34. The fourth-order valence-electron chi connectivity index (χ4n) is 2.04. The number of carbonyl (C=O) groups excluding carboxylic acids is 1. The molecule has 0 radical (unpaired) electrons. The first-order valence-electron chi connectivity index (χ1n) is 7.20. The van der Waals surface area contributed by atoms with Crippen molar-refractivity contribution >= 4 is 23.0 Å². The average Bonchev–Trinajstić information content (AvgIpc) is 3.16. The predicted molar refractivity (Wildman–Crippen MR) is 85.8 cm³/mol. The fourth-order valence-corrected chi connectivity index (χ4v) is 3.00. The number of H-pyrrole nitrogens is 1. The maximum Gasteiger partial charge on any atom is 0.286 e. The number of rotatable bonds is 5. The van der Waals surface area contributed by atoms with Gasteiger partial charge in [-0.1, -0.05) is 13.8 Å². The zero-order valence-electron chi connectivity index (χ0n) is 12.7. The van der Waals surface area contributed by atoms with E-state index < -0.39 is 11.5 Å². The molecule has 120 valence electrons. The molecule has 0 aliphatic carbocycles. The van der Waals surface area contributed by atoms with Crippen molar-refractivity contribution < 1.29 is 4.79 Å². The predicted octanol–water partition coefficient (Wildman–Crippen LogP) is 0.970. The lowest BCUT2D eigenvalue weighted by Gasteiger charge is -2.03. The quantitative estimate of drug-likeness (QED) is 0.724. The molecule has 0 aromatic carbocycles. The molecule has 1 amide bonds. The summed E-state index contributed by atoms with van der Waals surface area (Å²) in [6.45, 7) is 4.59. The highest BCUT2D eigenvalue weighted by atomic mass is 32.1. The number of nitrogens with zero attached hydrogens (tertiary/aromatic N) is 4. The number of carbonyl (C=O) groups is 1. The summed E-state index contributed by atoms with van der Waals surface area (Å²) in [6, 6.07) is 0. The van der Waals surface area contributed by atoms with E-state index >= 15 is 0 Å². The molecular weight excluding hydrogens is 316 g/mol. The average molecular weight is 332 g/mol. The van der Waals surface area contributed by atoms with Gasteiger partial charge in [-0.3, -0.25) is 14.7 Å². The lowest BCUT2D eigenvalue weighted by molar-refractivity contribution is 0.0952. The second-order valence-electron chi connectivity index (χ2n) is 5.33. The van der Waals surface area contributed by atoms with E-state index in [2.05, 4.69) is 39.2 Å². The molecule has 3 heterocycles. The molecule has 2 N–H and O–H groups in total. The molecule has 3 rings (SSSR count). The number of aromatic nitrogens is 5. The molecule has 0 aliphatic heterocycles. The topological polar surface area (TPSA) is 105 Å². The van der Waals surface area contributed by atoms with Gasteiger partial charge in [-0.05, 0) is 5.92 Å². The van der Waals surface area contributed by atoms with E-state index in [0.717, 1.165) is 15.2 Å². The van der Waals surface area contributed by atoms with Gasteiger partial charge < -0.3 is 5.32 Å². The van der Waals surface area contributed by atoms with Crippen LogP contribution in [0, 0.1) is 0 Å². The van der Waals surface area contributed by atoms with Crippen LogP contribution in [0.25, 0.3) is 5.78 Å². The molecular formula is C14H16N6O2S. The van der Waals surface area contributed by atoms with Gasteiger partial charge >= 0.3 is 0 Å². The van der Waals surface area contributed by atoms with Crippen LogP contribution < -0.4 is 10.9 Å². The van der Waals surface area contributed by atoms with Crippen LogP contribution in [0.2, 0.25) is 0 Å². The number of amides is 1. The van der Waals surface area contributed by atoms with Crippen molar-refractivity contribution in [2.24, 2.45) is 0 Å². The van der Waals surface area contributed by atoms with Gasteiger partial charge in [0.1, 0.15) is 11.9 Å². The van der Waals surface area contributed by atoms with Crippen molar-refractivity contribution in [1.82, 2.24) is 29.9 Å². The van der Waals surface area contributed by atoms with E-state index in [1.807, 2.05) is 5.38 Å². The molecule has 0 saturated carbocycles. The standard InChI is InChI=1S/C14H16N6O2S/c1-8(2)10-6-23-11(19-10)3-4-15-12(21)9-5-16-14-17-7-18-20(14)13(9)22/h5-8H,3-4H2,1-2H3,(H,15,21)(H,16,17,18). The number of fused-ring (bicyclic) bond motifs is 1. The second-order valence-corrected chi connectivity index (χ2v) is 6.27. The van der Waals surface area contributed by atoms with Gasteiger partial charge in [0.15, 0.2) is 0 Å². The summed E-state index contributed by atoms with van der Waals surface area (Å²) in [4.78, 5) is 36.6. The Kier molecular flexibility index (Phi) is 4.20. The van der Waals surface area contributed by atoms with Gasteiger partial charge in [-0.15, -0.1) is 11.3 Å². The van der Waals surface area contributed by atoms with Crippen molar-refractivity contribution in [2.45, 2.75) is 26.2 Å². The van der Waals surface area contributed by atoms with Crippen molar-refractivity contribution in [2.75, 3.05) is 6.54 Å². The third-order valence-corrected chi connectivity index (χ3v) is 4.27. The van der Waals surface area contributed by atoms with E-state index in [1.54, 1.807) is 11.3 Å². The van der Waals surface area contributed by atoms with Gasteiger partial charge in [0.2, 0.25) is 0 Å². The van der Waals surface area contributed by atoms with Crippen LogP contribution in [0.4, 0.5) is 0 Å². The normalized spacial score (nSPS) is 11.3. The van der Waals surface area contributed by atoms with Crippen LogP contribution in [0.1, 0.15) is 40.8 Å². The smallest absolute Gasteiger partial charge is 0.286 e. The molecule has 0 bridgehead atoms. The Morgan fingerprint density at radius 2 is 2.26 bits per heavy atom. The molecule has 23 heavy (non-hydrogen) atoms. The SMILES string of the molecule is CC(C)c1csc(CCNC(=O)c2cnc3nc[nH]n3c2=O)n1. The zero-order chi connectivity index (χ0) is 16.4. The van der Waals surface area contributed by atoms with Crippen LogP contribution in [0.15, 0.2) is 22.7 Å². The Balaban J connectivity index is 1.64. The third kappa shape index (κ3) is 3.14. The van der Waals surface area contributed by atoms with Gasteiger partial charge in [0.25, 0.3) is 17.2 Å². The fraction of sp³-hybridized carbons (Fsp3) is 0.357. The zero-order valence-corrected chi connectivity index (χ0v) is 13.6. The Hall–Kier alpha value is -2.55. The summed E-state index contributed by atoms with van der Waals surface area (Å²) in [5.74, 6) is 0.171. The highest BCUT2D eigenvalue weighted by Crippen LogP contribution is 2.17. The Morgan fingerprint density at radius 3 is 3.00 bits per heavy atom. The molecule has 0 aliphatic rings. The van der Waals surface area contributed by atoms with E-state index in [9.17, 15) is 9.59 Å². The van der Waals surface area contributed by atoms with E-state index in [0.29, 0.717) is 18.9 Å². The molecule has 3 aromatic rings. The minimum atomic E-state index is -0.471. The van der Waals surface area contributed by atoms with Gasteiger partial charge in [0, 0.05) is 24.5 Å². The molecule has 0 fully saturated rings. The molecule has 3 aromatic heterocycles. The van der Waals surface area contributed by atoms with Crippen LogP contribution in [0.3, 0.4) is 0 Å². The Labute approximate surface area is 135 Å². The molecule has 8 nitrogen and oxygen atoms in total. The summed E-state index contributed by atoms with van der Waals surface area (Å²) in [5.41, 5.74) is 0.568. The van der Waals surface area contributed by atoms with Gasteiger partial charge in [0.05, 0.1) is 10.7 Å². The molecule has 0 saturated heterocycles. The summed E-state index contributed by atoms with van der Waals surface area (Å²) in [7, 11) is 0. The van der Waals surface area contributed by atoms with Crippen molar-refractivity contribution in [3.8, 4) is 0 Å². The lowest BCUT2D eigenvalue weighted by atomic mass is 10.2. The molecule has 0 spiro atoms. The number of thiazole rings is 1. The number of aromatic amines is 1. The minimum absolute atomic E-state index is 0.0197. The van der Waals surface area contributed by atoms with E-state index in [-0.39, 0.29) is 11.3 Å². The minimum Gasteiger partial charge on any atom is -0.351 e. The first kappa shape index (κ1) is 15.3. The Bertz CT molecular complexity index is 894. The number of nitrogens with one attached hydrogen (secondary N) is 2. The summed E-state index contributed by atoms with van der Waals surface area (Å²) in [6.07, 6.45) is 3.22. The summed E-state index contributed by atoms with van der Waals surface area (Å²) < 4.78 is 1.13. The first-order valence-corrected chi connectivity index (χ1v) is 8.08. The first-order chi connectivity index (χ1) is 11.1. The molecule has 0 unspecified atom stereocenters. The third-order valence-electron chi connectivity index (χ3n) is 3.34. The van der Waals surface area contributed by atoms with Crippen molar-refractivity contribution in [1.29, 1.82) is 0 Å². The summed E-state index contributed by atoms with van der Waals surface area (Å²) >= 11 is 1.58. The molecule has 9 heteroatoms. The van der Waals surface area contributed by atoms with E-state index in [4.69, 9.17) is 0 Å². The highest BCUT2D eigenvalue weighted by molar-refractivity contribution is 7.09. The van der Waals surface area contributed by atoms with Crippen molar-refractivity contribution in [3.63, 3.8) is 0 Å². The second kappa shape index (κ2) is 6.29. The van der Waals surface area contributed by atoms with Crippen molar-refractivity contribution in [3.05, 3.63) is 44.5 Å². The van der Waals surface area contributed by atoms with Crippen LogP contribution >= 0.6 is 11.3 Å². The Morgan fingerprint density at radius 1 is 1.43 bits per heavy atom. The van der Waals surface area contributed by atoms with Crippen LogP contribution in [-0.2, 0) is 6.42 Å². The lowest BCUT2D eigenvalue weighted by Crippen LogP contribution is -2.32. The maximum atomic E-state index is 12.1. The van der Waals surface area contributed by atoms with Crippen LogP contribution in [-0.4, -0.2) is 37.0 Å². The largest absolute Gasteiger partial charge is 0.351 e. The highest BCUT2D eigenvalue weighted by Gasteiger charge is 2.14. The van der Waals surface area contributed by atoms with Crippen LogP contribution in [0.5, 0.6) is 0 Å².